The van der Waals surface area contributed by atoms with Crippen LogP contribution in [-0.4, -0.2) is 28.7 Å². The van der Waals surface area contributed by atoms with Gasteiger partial charge in [0.15, 0.2) is 0 Å². The largest absolute Gasteiger partial charge is 0.487 e. The maximum absolute atomic E-state index is 12.4. The van der Waals surface area contributed by atoms with Crippen molar-refractivity contribution in [2.75, 3.05) is 30.1 Å². The molecule has 0 saturated heterocycles. The van der Waals surface area contributed by atoms with Crippen molar-refractivity contribution in [1.82, 2.24) is 15.0 Å². The van der Waals surface area contributed by atoms with Gasteiger partial charge in [0, 0.05) is 29.7 Å². The summed E-state index contributed by atoms with van der Waals surface area (Å²) in [4.78, 5) is 2.23. The lowest BCUT2D eigenvalue weighted by Crippen LogP contribution is -2.29. The van der Waals surface area contributed by atoms with Crippen LogP contribution in [-0.2, 0) is 13.2 Å². The summed E-state index contributed by atoms with van der Waals surface area (Å²) in [7, 11) is 2.07. The predicted octanol–water partition coefficient (Wildman–Crippen LogP) is 4.20. The number of fused-ring (bicyclic) bond motifs is 3. The van der Waals surface area contributed by atoms with E-state index in [9.17, 15) is 4.39 Å². The predicted molar refractivity (Wildman–Crippen MR) is 128 cm³/mol. The smallest absolute Gasteiger partial charge is 0.134 e. The standard InChI is InChI=1S/C25H25FN6O/c1-31-24-13-18(28)5-9-22(24)21-8-4-17(27)12-23(21)25(31)16-2-6-20(7-3-16)33-15-19-14-32(11-10-26)30-29-19/h2-9,12-14,25H,10-11,15,27-28H2,1H3. The van der Waals surface area contributed by atoms with Gasteiger partial charge in [-0.3, -0.25) is 0 Å². The van der Waals surface area contributed by atoms with Crippen molar-refractivity contribution >= 4 is 17.1 Å². The fraction of sp³-hybridized carbons (Fsp3) is 0.200. The normalized spacial score (nSPS) is 14.6. The van der Waals surface area contributed by atoms with Gasteiger partial charge in [-0.1, -0.05) is 29.5 Å². The minimum Gasteiger partial charge on any atom is -0.487 e. The summed E-state index contributed by atoms with van der Waals surface area (Å²) in [5.41, 5.74) is 20.0. The molecule has 0 aliphatic carbocycles. The van der Waals surface area contributed by atoms with Crippen LogP contribution >= 0.6 is 0 Å². The van der Waals surface area contributed by atoms with Crippen LogP contribution in [0.3, 0.4) is 0 Å². The Bertz CT molecular complexity index is 1290. The number of ether oxygens (including phenoxy) is 1. The lowest BCUT2D eigenvalue weighted by atomic mass is 9.85. The van der Waals surface area contributed by atoms with E-state index in [2.05, 4.69) is 46.5 Å². The Morgan fingerprint density at radius 1 is 0.970 bits per heavy atom. The molecule has 168 valence electrons. The Kier molecular flexibility index (Phi) is 5.34. The van der Waals surface area contributed by atoms with Crippen molar-refractivity contribution in [3.63, 3.8) is 0 Å². The molecule has 1 atom stereocenters. The van der Waals surface area contributed by atoms with Gasteiger partial charge in [-0.05, 0) is 53.1 Å². The third-order valence-corrected chi connectivity index (χ3v) is 5.93. The first-order valence-corrected chi connectivity index (χ1v) is 10.7. The SMILES string of the molecule is CN1c2cc(N)ccc2-c2ccc(N)cc2C1c1ccc(OCc2cn(CCF)nn2)cc1. The van der Waals surface area contributed by atoms with E-state index in [0.29, 0.717) is 5.69 Å². The summed E-state index contributed by atoms with van der Waals surface area (Å²) in [6.07, 6.45) is 1.69. The third-order valence-electron chi connectivity index (χ3n) is 5.93. The van der Waals surface area contributed by atoms with Crippen molar-refractivity contribution in [3.05, 3.63) is 83.7 Å². The quantitative estimate of drug-likeness (QED) is 0.433. The maximum atomic E-state index is 12.4. The van der Waals surface area contributed by atoms with Gasteiger partial charge < -0.3 is 21.1 Å². The van der Waals surface area contributed by atoms with E-state index in [0.717, 1.165) is 45.1 Å². The lowest BCUT2D eigenvalue weighted by Gasteiger charge is -2.38. The van der Waals surface area contributed by atoms with Crippen LogP contribution < -0.4 is 21.1 Å². The molecule has 1 aromatic heterocycles. The van der Waals surface area contributed by atoms with E-state index >= 15 is 0 Å². The van der Waals surface area contributed by atoms with Crippen LogP contribution in [0, 0.1) is 0 Å². The number of nitrogen functional groups attached to an aromatic ring is 2. The molecular weight excluding hydrogens is 419 g/mol. The summed E-state index contributed by atoms with van der Waals surface area (Å²) in [5, 5.41) is 7.88. The summed E-state index contributed by atoms with van der Waals surface area (Å²) in [6, 6.07) is 20.0. The van der Waals surface area contributed by atoms with Crippen molar-refractivity contribution in [2.45, 2.75) is 19.2 Å². The van der Waals surface area contributed by atoms with Crippen LogP contribution in [0.25, 0.3) is 11.1 Å². The molecule has 5 rings (SSSR count). The monoisotopic (exact) mass is 444 g/mol. The Balaban J connectivity index is 1.42. The van der Waals surface area contributed by atoms with Crippen LogP contribution in [0.15, 0.2) is 66.9 Å². The molecule has 2 heterocycles. The molecule has 0 saturated carbocycles. The molecule has 0 fully saturated rings. The van der Waals surface area contributed by atoms with Gasteiger partial charge in [-0.25, -0.2) is 9.07 Å². The van der Waals surface area contributed by atoms with E-state index in [1.807, 2.05) is 36.4 Å². The molecule has 1 unspecified atom stereocenters. The number of alkyl halides is 1. The average molecular weight is 445 g/mol. The lowest BCUT2D eigenvalue weighted by molar-refractivity contribution is 0.301. The van der Waals surface area contributed by atoms with Crippen LogP contribution in [0.4, 0.5) is 21.5 Å². The molecule has 0 radical (unpaired) electrons. The zero-order valence-electron chi connectivity index (χ0n) is 18.3. The number of hydrogen-bond donors (Lipinski definition) is 2. The Labute approximate surface area is 191 Å². The third kappa shape index (κ3) is 3.95. The minimum absolute atomic E-state index is 0.0209. The van der Waals surface area contributed by atoms with Crippen LogP contribution in [0.5, 0.6) is 5.75 Å². The number of halogens is 1. The molecule has 1 aliphatic heterocycles. The molecular formula is C25H25FN6O. The number of benzene rings is 3. The summed E-state index contributed by atoms with van der Waals surface area (Å²) < 4.78 is 19.8. The van der Waals surface area contributed by atoms with Crippen LogP contribution in [0.2, 0.25) is 0 Å². The second kappa shape index (κ2) is 8.46. The molecule has 1 aliphatic rings. The Morgan fingerprint density at radius 3 is 2.45 bits per heavy atom. The van der Waals surface area contributed by atoms with Crippen molar-refractivity contribution in [1.29, 1.82) is 0 Å². The highest BCUT2D eigenvalue weighted by atomic mass is 19.1. The topological polar surface area (TPSA) is 95.2 Å². The molecule has 8 heteroatoms. The van der Waals surface area contributed by atoms with Gasteiger partial charge in [-0.2, -0.15) is 0 Å². The first kappa shape index (κ1) is 20.8. The van der Waals surface area contributed by atoms with Crippen molar-refractivity contribution < 1.29 is 9.13 Å². The zero-order chi connectivity index (χ0) is 22.9. The number of anilines is 3. The van der Waals surface area contributed by atoms with Crippen molar-refractivity contribution in [2.24, 2.45) is 0 Å². The minimum atomic E-state index is -0.480. The van der Waals surface area contributed by atoms with E-state index in [1.54, 1.807) is 6.20 Å². The first-order valence-electron chi connectivity index (χ1n) is 10.7. The molecule has 4 N–H and O–H groups in total. The summed E-state index contributed by atoms with van der Waals surface area (Å²) in [5.74, 6) is 0.717. The fourth-order valence-electron chi connectivity index (χ4n) is 4.38. The highest BCUT2D eigenvalue weighted by Crippen LogP contribution is 2.47. The van der Waals surface area contributed by atoms with Gasteiger partial charge >= 0.3 is 0 Å². The Morgan fingerprint density at radius 2 is 1.70 bits per heavy atom. The van der Waals surface area contributed by atoms with Gasteiger partial charge in [-0.15, -0.1) is 5.10 Å². The molecule has 0 spiro atoms. The molecule has 33 heavy (non-hydrogen) atoms. The second-order valence-corrected chi connectivity index (χ2v) is 8.16. The highest BCUT2D eigenvalue weighted by molar-refractivity contribution is 5.88. The molecule has 4 aromatic rings. The van der Waals surface area contributed by atoms with E-state index in [4.69, 9.17) is 16.2 Å². The number of hydrogen-bond acceptors (Lipinski definition) is 6. The van der Waals surface area contributed by atoms with Gasteiger partial charge in [0.05, 0.1) is 18.8 Å². The first-order chi connectivity index (χ1) is 16.0. The number of nitrogens with two attached hydrogens (primary N) is 2. The van der Waals surface area contributed by atoms with Crippen molar-refractivity contribution in [3.8, 4) is 16.9 Å². The summed E-state index contributed by atoms with van der Waals surface area (Å²) >= 11 is 0. The number of aromatic nitrogens is 3. The molecule has 0 amide bonds. The highest BCUT2D eigenvalue weighted by Gasteiger charge is 2.30. The maximum Gasteiger partial charge on any atom is 0.134 e. The molecule has 0 bridgehead atoms. The average Bonchev–Trinajstić information content (AvgIpc) is 3.26. The number of aryl methyl sites for hydroxylation is 1. The van der Waals surface area contributed by atoms with E-state index in [-0.39, 0.29) is 19.2 Å². The Hall–Kier alpha value is -4.07. The molecule has 7 nitrogen and oxygen atoms in total. The van der Waals surface area contributed by atoms with E-state index < -0.39 is 6.67 Å². The zero-order valence-corrected chi connectivity index (χ0v) is 18.3. The van der Waals surface area contributed by atoms with Gasteiger partial charge in [0.2, 0.25) is 0 Å². The fourth-order valence-corrected chi connectivity index (χ4v) is 4.38. The molecule has 3 aromatic carbocycles. The van der Waals surface area contributed by atoms with E-state index in [1.165, 1.54) is 4.68 Å². The number of rotatable bonds is 6. The van der Waals surface area contributed by atoms with Gasteiger partial charge in [0.25, 0.3) is 0 Å². The summed E-state index contributed by atoms with van der Waals surface area (Å²) in [6.45, 7) is -0.0229. The second-order valence-electron chi connectivity index (χ2n) is 8.16. The van der Waals surface area contributed by atoms with Crippen LogP contribution in [0.1, 0.15) is 22.9 Å². The van der Waals surface area contributed by atoms with Gasteiger partial charge in [0.1, 0.15) is 24.7 Å². The number of nitrogens with zero attached hydrogens (tertiary/aromatic N) is 4.